The molecule has 1 heterocycles. The Kier molecular flexibility index (Phi) is 9.10. The van der Waals surface area contributed by atoms with Gasteiger partial charge in [-0.1, -0.05) is 24.3 Å². The third-order valence-corrected chi connectivity index (χ3v) is 6.97. The maximum atomic E-state index is 12.7. The Hall–Kier alpha value is -2.62. The first-order chi connectivity index (χ1) is 17.8. The van der Waals surface area contributed by atoms with E-state index in [0.29, 0.717) is 50.7 Å². The van der Waals surface area contributed by atoms with Gasteiger partial charge in [0.05, 0.1) is 12.2 Å². The Morgan fingerprint density at radius 2 is 1.65 bits per heavy atom. The molecule has 2 aromatic carbocycles. The van der Waals surface area contributed by atoms with E-state index in [1.165, 1.54) is 0 Å². The number of esters is 1. The van der Waals surface area contributed by atoms with E-state index < -0.39 is 17.8 Å². The van der Waals surface area contributed by atoms with Crippen molar-refractivity contribution in [1.29, 1.82) is 0 Å². The van der Waals surface area contributed by atoms with E-state index in [-0.39, 0.29) is 5.97 Å². The molecule has 0 spiro atoms. The first-order valence-electron chi connectivity index (χ1n) is 12.9. The number of alkyl halides is 3. The fourth-order valence-corrected chi connectivity index (χ4v) is 5.08. The number of ether oxygens (including phenoxy) is 3. The normalized spacial score (nSPS) is 21.9. The monoisotopic (exact) mass is 520 g/mol. The number of fused-ring (bicyclic) bond motifs is 1. The van der Waals surface area contributed by atoms with Crippen LogP contribution in [0.1, 0.15) is 30.5 Å². The van der Waals surface area contributed by atoms with E-state index in [9.17, 15) is 18.0 Å². The predicted molar refractivity (Wildman–Crippen MR) is 133 cm³/mol. The van der Waals surface area contributed by atoms with Gasteiger partial charge in [-0.05, 0) is 61.1 Å². The molecule has 4 atom stereocenters. The van der Waals surface area contributed by atoms with Crippen LogP contribution in [0.3, 0.4) is 0 Å². The summed E-state index contributed by atoms with van der Waals surface area (Å²) in [5.74, 6) is 1.61. The van der Waals surface area contributed by atoms with Crippen molar-refractivity contribution in [3.05, 3.63) is 65.2 Å². The number of likely N-dealkylation sites (tertiary alicyclic amines) is 1. The zero-order valence-corrected chi connectivity index (χ0v) is 21.3. The Labute approximate surface area is 216 Å². The molecule has 6 nitrogen and oxygen atoms in total. The topological polar surface area (TPSA) is 60.0 Å². The highest BCUT2D eigenvalue weighted by atomic mass is 19.4. The van der Waals surface area contributed by atoms with Crippen molar-refractivity contribution in [3.63, 3.8) is 0 Å². The van der Waals surface area contributed by atoms with Crippen molar-refractivity contribution in [2.24, 2.45) is 11.8 Å². The van der Waals surface area contributed by atoms with E-state index >= 15 is 0 Å². The number of halogens is 3. The molecule has 202 valence electrons. The van der Waals surface area contributed by atoms with Crippen LogP contribution in [0, 0.1) is 11.8 Å². The molecular weight excluding hydrogens is 485 g/mol. The summed E-state index contributed by atoms with van der Waals surface area (Å²) in [5, 5.41) is 3.57. The van der Waals surface area contributed by atoms with Crippen molar-refractivity contribution in [1.82, 2.24) is 10.2 Å². The molecule has 2 aromatic rings. The highest BCUT2D eigenvalue weighted by Gasteiger charge is 2.55. The van der Waals surface area contributed by atoms with Gasteiger partial charge in [0.1, 0.15) is 12.4 Å². The van der Waals surface area contributed by atoms with Crippen molar-refractivity contribution in [3.8, 4) is 5.75 Å². The summed E-state index contributed by atoms with van der Waals surface area (Å²) in [4.78, 5) is 14.3. The number of carbonyl (C=O) groups is 1. The van der Waals surface area contributed by atoms with E-state index in [4.69, 9.17) is 14.2 Å². The predicted octanol–water partition coefficient (Wildman–Crippen LogP) is 4.31. The minimum atomic E-state index is -4.29. The van der Waals surface area contributed by atoms with Crippen LogP contribution in [-0.4, -0.2) is 62.5 Å². The van der Waals surface area contributed by atoms with E-state index in [1.54, 1.807) is 19.1 Å². The van der Waals surface area contributed by atoms with Crippen molar-refractivity contribution in [2.45, 2.75) is 45.1 Å². The van der Waals surface area contributed by atoms with Crippen molar-refractivity contribution < 1.29 is 32.2 Å². The highest BCUT2D eigenvalue weighted by molar-refractivity contribution is 5.75. The second kappa shape index (κ2) is 12.3. The van der Waals surface area contributed by atoms with Gasteiger partial charge in [-0.2, -0.15) is 13.2 Å². The number of carbonyl (C=O) groups excluding carboxylic acids is 1. The lowest BCUT2D eigenvalue weighted by Gasteiger charge is -2.20. The number of benzene rings is 2. The standard InChI is InChI=1S/C28H35F3N2O4/c1-3-35-25(27(34)36-4-2)15-19-7-11-22(12-8-19)37-14-13-32-26-23-17-33(18-24(23)26)16-20-5-9-21(10-6-20)28(29,30)31/h5-12,23-26,32H,3-4,13-18H2,1-2H3/t23-,24+,25-,26?/m1/s1. The smallest absolute Gasteiger partial charge is 0.416 e. The van der Waals surface area contributed by atoms with Crippen LogP contribution in [-0.2, 0) is 33.4 Å². The van der Waals surface area contributed by atoms with Crippen LogP contribution in [0.25, 0.3) is 0 Å². The summed E-state index contributed by atoms with van der Waals surface area (Å²) >= 11 is 0. The molecule has 2 fully saturated rings. The summed E-state index contributed by atoms with van der Waals surface area (Å²) in [7, 11) is 0. The van der Waals surface area contributed by atoms with E-state index in [0.717, 1.165) is 48.6 Å². The number of nitrogens with zero attached hydrogens (tertiary/aromatic N) is 1. The van der Waals surface area contributed by atoms with Gasteiger partial charge in [-0.25, -0.2) is 4.79 Å². The maximum absolute atomic E-state index is 12.7. The van der Waals surface area contributed by atoms with Gasteiger partial charge >= 0.3 is 12.1 Å². The van der Waals surface area contributed by atoms with E-state index in [2.05, 4.69) is 10.2 Å². The zero-order chi connectivity index (χ0) is 26.4. The summed E-state index contributed by atoms with van der Waals surface area (Å²) in [5.41, 5.74) is 1.28. The largest absolute Gasteiger partial charge is 0.492 e. The molecule has 1 aliphatic heterocycles. The lowest BCUT2D eigenvalue weighted by atomic mass is 10.1. The lowest BCUT2D eigenvalue weighted by molar-refractivity contribution is -0.156. The number of rotatable bonds is 13. The van der Waals surface area contributed by atoms with Crippen molar-refractivity contribution >= 4 is 5.97 Å². The zero-order valence-electron chi connectivity index (χ0n) is 21.3. The molecule has 0 radical (unpaired) electrons. The van der Waals surface area contributed by atoms with Crippen LogP contribution < -0.4 is 10.1 Å². The van der Waals surface area contributed by atoms with Gasteiger partial charge in [0.15, 0.2) is 6.10 Å². The third kappa shape index (κ3) is 7.46. The molecule has 4 rings (SSSR count). The SMILES string of the molecule is CCOC(=O)[C@@H](Cc1ccc(OCCNC2[C@H]3CN(Cc4ccc(C(F)(F)F)cc4)C[C@@H]23)cc1)OCC. The first-order valence-corrected chi connectivity index (χ1v) is 12.9. The van der Waals surface area contributed by atoms with Crippen LogP contribution in [0.15, 0.2) is 48.5 Å². The maximum Gasteiger partial charge on any atom is 0.416 e. The van der Waals surface area contributed by atoms with E-state index in [1.807, 2.05) is 31.2 Å². The number of piperidine rings is 1. The lowest BCUT2D eigenvalue weighted by Crippen LogP contribution is -2.33. The molecule has 9 heteroatoms. The fraction of sp³-hybridized carbons (Fsp3) is 0.536. The average molecular weight is 521 g/mol. The molecule has 1 saturated carbocycles. The Bertz CT molecular complexity index is 1000. The molecule has 0 amide bonds. The van der Waals surface area contributed by atoms with Crippen LogP contribution in [0.4, 0.5) is 13.2 Å². The first kappa shape index (κ1) is 27.4. The van der Waals surface area contributed by atoms with Crippen LogP contribution >= 0.6 is 0 Å². The minimum Gasteiger partial charge on any atom is -0.492 e. The van der Waals surface area contributed by atoms with Gasteiger partial charge in [-0.3, -0.25) is 4.90 Å². The van der Waals surface area contributed by atoms with Crippen molar-refractivity contribution in [2.75, 3.05) is 39.5 Å². The average Bonchev–Trinajstić information content (AvgIpc) is 3.32. The summed E-state index contributed by atoms with van der Waals surface area (Å²) in [6, 6.07) is 13.6. The van der Waals surface area contributed by atoms with Gasteiger partial charge in [-0.15, -0.1) is 0 Å². The Morgan fingerprint density at radius 1 is 1.00 bits per heavy atom. The summed E-state index contributed by atoms with van der Waals surface area (Å²) in [6.45, 7) is 8.29. The van der Waals surface area contributed by atoms with Gasteiger partial charge in [0, 0.05) is 45.2 Å². The molecular formula is C28H35F3N2O4. The fourth-order valence-electron chi connectivity index (χ4n) is 5.08. The Morgan fingerprint density at radius 3 is 2.24 bits per heavy atom. The molecule has 2 aliphatic rings. The highest BCUT2D eigenvalue weighted by Crippen LogP contribution is 2.45. The molecule has 1 unspecified atom stereocenters. The quantitative estimate of drug-likeness (QED) is 0.314. The summed E-state index contributed by atoms with van der Waals surface area (Å²) < 4.78 is 54.7. The molecule has 1 N–H and O–H groups in total. The second-order valence-electron chi connectivity index (χ2n) is 9.59. The van der Waals surface area contributed by atoms with Crippen LogP contribution in [0.5, 0.6) is 5.75 Å². The molecule has 1 aliphatic carbocycles. The summed E-state index contributed by atoms with van der Waals surface area (Å²) in [6.07, 6.45) is -4.45. The van der Waals surface area contributed by atoms with Crippen LogP contribution in [0.2, 0.25) is 0 Å². The van der Waals surface area contributed by atoms with Gasteiger partial charge in [0.2, 0.25) is 0 Å². The molecule has 37 heavy (non-hydrogen) atoms. The van der Waals surface area contributed by atoms with Gasteiger partial charge in [0.25, 0.3) is 0 Å². The Balaban J connectivity index is 1.12. The molecule has 0 aromatic heterocycles. The molecule has 0 bridgehead atoms. The minimum absolute atomic E-state index is 0.326. The molecule has 1 saturated heterocycles. The number of nitrogens with one attached hydrogen (secondary N) is 1. The second-order valence-corrected chi connectivity index (χ2v) is 9.59. The number of hydrogen-bond acceptors (Lipinski definition) is 6. The third-order valence-electron chi connectivity index (χ3n) is 6.97. The number of hydrogen-bond donors (Lipinski definition) is 1. The van der Waals surface area contributed by atoms with Gasteiger partial charge < -0.3 is 19.5 Å².